The summed E-state index contributed by atoms with van der Waals surface area (Å²) in [6.45, 7) is 3.74. The van der Waals surface area contributed by atoms with Gasteiger partial charge in [-0.3, -0.25) is 0 Å². The predicted molar refractivity (Wildman–Crippen MR) is 83.4 cm³/mol. The number of hydrogen-bond donors (Lipinski definition) is 2. The largest absolute Gasteiger partial charge is 0.399 e. The number of rotatable bonds is 5. The van der Waals surface area contributed by atoms with Gasteiger partial charge < -0.3 is 5.73 Å². The van der Waals surface area contributed by atoms with Gasteiger partial charge in [-0.05, 0) is 50.6 Å². The number of thiophene rings is 1. The van der Waals surface area contributed by atoms with Crippen LogP contribution >= 0.6 is 11.3 Å². The predicted octanol–water partition coefficient (Wildman–Crippen LogP) is 2.69. The van der Waals surface area contributed by atoms with E-state index in [0.717, 1.165) is 17.0 Å². The lowest BCUT2D eigenvalue weighted by molar-refractivity contribution is 0.543. The van der Waals surface area contributed by atoms with Gasteiger partial charge in [0.2, 0.25) is 10.0 Å². The van der Waals surface area contributed by atoms with E-state index in [1.54, 1.807) is 18.3 Å². The number of halogens is 1. The molecule has 21 heavy (non-hydrogen) atoms. The lowest BCUT2D eigenvalue weighted by Gasteiger charge is -2.14. The van der Waals surface area contributed by atoms with Gasteiger partial charge in [-0.1, -0.05) is 0 Å². The van der Waals surface area contributed by atoms with Crippen LogP contribution in [-0.4, -0.2) is 14.5 Å². The summed E-state index contributed by atoms with van der Waals surface area (Å²) in [4.78, 5) is 1.83. The molecule has 0 fully saturated rings. The van der Waals surface area contributed by atoms with Crippen LogP contribution in [0.1, 0.15) is 16.7 Å². The van der Waals surface area contributed by atoms with Crippen LogP contribution < -0.4 is 10.5 Å². The molecule has 0 aliphatic rings. The molecule has 0 spiro atoms. The highest BCUT2D eigenvalue weighted by molar-refractivity contribution is 7.89. The van der Waals surface area contributed by atoms with Gasteiger partial charge in [-0.15, -0.1) is 11.3 Å². The van der Waals surface area contributed by atoms with Gasteiger partial charge in [-0.25, -0.2) is 17.5 Å². The molecule has 2 rings (SSSR count). The normalized spacial score (nSPS) is 13.3. The third kappa shape index (κ3) is 4.03. The highest BCUT2D eigenvalue weighted by atomic mass is 32.2. The zero-order valence-corrected chi connectivity index (χ0v) is 13.4. The Morgan fingerprint density at radius 2 is 2.05 bits per heavy atom. The Balaban J connectivity index is 2.15. The van der Waals surface area contributed by atoms with E-state index in [-0.39, 0.29) is 11.7 Å². The minimum absolute atomic E-state index is 0.207. The molecule has 2 aromatic rings. The van der Waals surface area contributed by atoms with E-state index in [0.29, 0.717) is 6.42 Å². The minimum Gasteiger partial charge on any atom is -0.399 e. The summed E-state index contributed by atoms with van der Waals surface area (Å²) < 4.78 is 40.6. The first kappa shape index (κ1) is 15.9. The first-order valence-electron chi connectivity index (χ1n) is 6.40. The quantitative estimate of drug-likeness (QED) is 0.829. The van der Waals surface area contributed by atoms with Crippen molar-refractivity contribution in [1.82, 2.24) is 4.72 Å². The number of nitrogens with two attached hydrogens (primary N) is 1. The second kappa shape index (κ2) is 6.13. The minimum atomic E-state index is -3.93. The Bertz CT molecular complexity index is 741. The van der Waals surface area contributed by atoms with Gasteiger partial charge in [-0.2, -0.15) is 0 Å². The molecule has 7 heteroatoms. The van der Waals surface area contributed by atoms with Crippen molar-refractivity contribution in [3.8, 4) is 0 Å². The van der Waals surface area contributed by atoms with Gasteiger partial charge in [0, 0.05) is 21.5 Å². The van der Waals surface area contributed by atoms with Crippen LogP contribution in [-0.2, 0) is 16.4 Å². The average Bonchev–Trinajstić information content (AvgIpc) is 2.76. The van der Waals surface area contributed by atoms with Crippen molar-refractivity contribution < 1.29 is 12.8 Å². The molecule has 0 amide bonds. The number of nitrogen functional groups attached to an aromatic ring is 1. The standard InChI is InChI=1S/C14H17FN2O2S2/c1-9(7-12-5-3-10(2)20-12)17-21(18,19)14-8-11(16)4-6-13(14)15/h3-6,8-9,17H,7,16H2,1-2H3. The number of hydrogen-bond acceptors (Lipinski definition) is 4. The van der Waals surface area contributed by atoms with Gasteiger partial charge >= 0.3 is 0 Å². The van der Waals surface area contributed by atoms with Gasteiger partial charge in [0.15, 0.2) is 0 Å². The Hall–Kier alpha value is -1.44. The van der Waals surface area contributed by atoms with Crippen LogP contribution in [0, 0.1) is 12.7 Å². The fraction of sp³-hybridized carbons (Fsp3) is 0.286. The molecule has 114 valence electrons. The Morgan fingerprint density at radius 1 is 1.33 bits per heavy atom. The number of benzene rings is 1. The van der Waals surface area contributed by atoms with Crippen LogP contribution in [0.3, 0.4) is 0 Å². The van der Waals surface area contributed by atoms with Crippen LogP contribution in [0.2, 0.25) is 0 Å². The first-order valence-corrected chi connectivity index (χ1v) is 8.70. The summed E-state index contributed by atoms with van der Waals surface area (Å²) in [5, 5.41) is 0. The molecule has 0 saturated carbocycles. The third-order valence-electron chi connectivity index (χ3n) is 2.90. The van der Waals surface area contributed by atoms with Gasteiger partial charge in [0.25, 0.3) is 0 Å². The molecule has 1 unspecified atom stereocenters. The van der Waals surface area contributed by atoms with E-state index in [1.165, 1.54) is 10.9 Å². The molecule has 4 nitrogen and oxygen atoms in total. The topological polar surface area (TPSA) is 72.2 Å². The molecular formula is C14H17FN2O2S2. The summed E-state index contributed by atoms with van der Waals surface area (Å²) in [7, 11) is -3.93. The van der Waals surface area contributed by atoms with E-state index in [2.05, 4.69) is 4.72 Å². The Kier molecular flexibility index (Phi) is 4.65. The fourth-order valence-corrected chi connectivity index (χ4v) is 4.37. The van der Waals surface area contributed by atoms with Crippen molar-refractivity contribution in [2.75, 3.05) is 5.73 Å². The lowest BCUT2D eigenvalue weighted by atomic mass is 10.2. The maximum Gasteiger partial charge on any atom is 0.243 e. The zero-order chi connectivity index (χ0) is 15.6. The molecule has 0 saturated heterocycles. The lowest BCUT2D eigenvalue weighted by Crippen LogP contribution is -2.34. The van der Waals surface area contributed by atoms with Crippen molar-refractivity contribution in [2.24, 2.45) is 0 Å². The SMILES string of the molecule is Cc1ccc(CC(C)NS(=O)(=O)c2cc(N)ccc2F)s1. The maximum absolute atomic E-state index is 13.7. The summed E-state index contributed by atoms with van der Waals surface area (Å²) in [5.41, 5.74) is 5.73. The summed E-state index contributed by atoms with van der Waals surface area (Å²) in [6, 6.07) is 7.11. The smallest absolute Gasteiger partial charge is 0.243 e. The van der Waals surface area contributed by atoms with Crippen LogP contribution in [0.4, 0.5) is 10.1 Å². The second-order valence-corrected chi connectivity index (χ2v) is 7.98. The molecule has 0 aliphatic heterocycles. The summed E-state index contributed by atoms with van der Waals surface area (Å²) >= 11 is 1.61. The monoisotopic (exact) mass is 328 g/mol. The number of aryl methyl sites for hydroxylation is 1. The number of nitrogens with one attached hydrogen (secondary N) is 1. The summed E-state index contributed by atoms with van der Waals surface area (Å²) in [5.74, 6) is -0.809. The van der Waals surface area contributed by atoms with Crippen LogP contribution in [0.5, 0.6) is 0 Å². The van der Waals surface area contributed by atoms with Gasteiger partial charge in [0.1, 0.15) is 10.7 Å². The van der Waals surface area contributed by atoms with Crippen LogP contribution in [0.15, 0.2) is 35.2 Å². The molecule has 0 radical (unpaired) electrons. The van der Waals surface area contributed by atoms with E-state index in [1.807, 2.05) is 19.1 Å². The molecule has 0 bridgehead atoms. The number of sulfonamides is 1. The summed E-state index contributed by atoms with van der Waals surface area (Å²) in [6.07, 6.45) is 0.557. The highest BCUT2D eigenvalue weighted by Gasteiger charge is 2.22. The maximum atomic E-state index is 13.7. The van der Waals surface area contributed by atoms with Crippen molar-refractivity contribution >= 4 is 27.0 Å². The van der Waals surface area contributed by atoms with Crippen LogP contribution in [0.25, 0.3) is 0 Å². The second-order valence-electron chi connectivity index (χ2n) is 4.93. The Labute approximate surface area is 127 Å². The average molecular weight is 328 g/mol. The molecule has 1 atom stereocenters. The molecule has 0 aliphatic carbocycles. The molecule has 1 heterocycles. The molecule has 3 N–H and O–H groups in total. The van der Waals surface area contributed by atoms with Crippen molar-refractivity contribution in [1.29, 1.82) is 0 Å². The van der Waals surface area contributed by atoms with E-state index in [9.17, 15) is 12.8 Å². The molecule has 1 aromatic carbocycles. The molecular weight excluding hydrogens is 311 g/mol. The van der Waals surface area contributed by atoms with E-state index >= 15 is 0 Å². The van der Waals surface area contributed by atoms with Crippen molar-refractivity contribution in [3.63, 3.8) is 0 Å². The van der Waals surface area contributed by atoms with E-state index < -0.39 is 20.7 Å². The third-order valence-corrected chi connectivity index (χ3v) is 5.53. The molecule has 1 aromatic heterocycles. The highest BCUT2D eigenvalue weighted by Crippen LogP contribution is 2.20. The Morgan fingerprint density at radius 3 is 2.67 bits per heavy atom. The van der Waals surface area contributed by atoms with E-state index in [4.69, 9.17) is 5.73 Å². The van der Waals surface area contributed by atoms with Crippen molar-refractivity contribution in [2.45, 2.75) is 31.2 Å². The van der Waals surface area contributed by atoms with Crippen molar-refractivity contribution in [3.05, 3.63) is 45.9 Å². The fourth-order valence-electron chi connectivity index (χ4n) is 1.99. The van der Waals surface area contributed by atoms with Gasteiger partial charge in [0.05, 0.1) is 0 Å². The first-order chi connectivity index (χ1) is 9.78. The zero-order valence-electron chi connectivity index (χ0n) is 11.8. The number of anilines is 1.